The van der Waals surface area contributed by atoms with Crippen LogP contribution in [-0.4, -0.2) is 15.4 Å². The molecule has 2 rings (SSSR count). The first-order valence-corrected chi connectivity index (χ1v) is 8.99. The quantitative estimate of drug-likeness (QED) is 0.810. The van der Waals surface area contributed by atoms with Gasteiger partial charge in [0.25, 0.3) is 0 Å². The van der Waals surface area contributed by atoms with E-state index >= 15 is 0 Å². The lowest BCUT2D eigenvalue weighted by Crippen LogP contribution is -2.22. The molecular formula is C14H18BrN3S2. The Hall–Kier alpha value is -0.430. The van der Waals surface area contributed by atoms with Gasteiger partial charge in [0.05, 0.1) is 0 Å². The van der Waals surface area contributed by atoms with E-state index in [-0.39, 0.29) is 0 Å². The van der Waals surface area contributed by atoms with Crippen LogP contribution < -0.4 is 5.32 Å². The monoisotopic (exact) mass is 371 g/mol. The summed E-state index contributed by atoms with van der Waals surface area (Å²) in [6, 6.07) is 6.85. The van der Waals surface area contributed by atoms with Crippen molar-refractivity contribution in [1.29, 1.82) is 0 Å². The van der Waals surface area contributed by atoms with E-state index in [1.54, 1.807) is 11.8 Å². The number of nitrogens with zero attached hydrogens (tertiary/aromatic N) is 2. The number of nitrogens with one attached hydrogen (secondary N) is 1. The highest BCUT2D eigenvalue weighted by atomic mass is 79.9. The van der Waals surface area contributed by atoms with Gasteiger partial charge in [-0.2, -0.15) is 4.37 Å². The first kappa shape index (κ1) is 15.9. The second kappa shape index (κ2) is 7.54. The second-order valence-electron chi connectivity index (χ2n) is 4.72. The van der Waals surface area contributed by atoms with Gasteiger partial charge in [0, 0.05) is 28.4 Å². The minimum atomic E-state index is 0.472. The number of halogens is 1. The first-order chi connectivity index (χ1) is 9.58. The Morgan fingerprint density at radius 1 is 1.40 bits per heavy atom. The standard InChI is InChI=1S/C14H18BrN3S2/c1-4-13-17-14(20-18-13)19-12-6-5-11(15)7-10(12)8-16-9(2)3/h5-7,9,16H,4,8H2,1-3H3. The summed E-state index contributed by atoms with van der Waals surface area (Å²) in [5.41, 5.74) is 1.28. The molecule has 0 unspecified atom stereocenters. The van der Waals surface area contributed by atoms with Crippen molar-refractivity contribution >= 4 is 39.2 Å². The zero-order valence-electron chi connectivity index (χ0n) is 11.8. The van der Waals surface area contributed by atoms with Crippen LogP contribution >= 0.6 is 39.2 Å². The molecule has 0 aliphatic heterocycles. The third-order valence-corrected chi connectivity index (χ3v) is 5.09. The van der Waals surface area contributed by atoms with E-state index in [1.807, 2.05) is 0 Å². The average molecular weight is 372 g/mol. The molecule has 3 nitrogen and oxygen atoms in total. The summed E-state index contributed by atoms with van der Waals surface area (Å²) in [6.45, 7) is 7.25. The molecule has 1 heterocycles. The van der Waals surface area contributed by atoms with Crippen LogP contribution in [0, 0.1) is 0 Å². The van der Waals surface area contributed by atoms with Gasteiger partial charge in [0.15, 0.2) is 4.34 Å². The Morgan fingerprint density at radius 2 is 2.20 bits per heavy atom. The van der Waals surface area contributed by atoms with E-state index in [4.69, 9.17) is 0 Å². The summed E-state index contributed by atoms with van der Waals surface area (Å²) in [5.74, 6) is 0.927. The van der Waals surface area contributed by atoms with Gasteiger partial charge in [-0.05, 0) is 35.3 Å². The number of hydrogen-bond acceptors (Lipinski definition) is 5. The maximum absolute atomic E-state index is 4.52. The van der Waals surface area contributed by atoms with E-state index in [0.717, 1.165) is 27.6 Å². The summed E-state index contributed by atoms with van der Waals surface area (Å²) < 4.78 is 6.45. The highest BCUT2D eigenvalue weighted by molar-refractivity contribution is 9.10. The predicted octanol–water partition coefficient (Wildman–Crippen LogP) is 4.51. The van der Waals surface area contributed by atoms with Gasteiger partial charge in [-0.3, -0.25) is 0 Å². The molecule has 0 fully saturated rings. The Kier molecular flexibility index (Phi) is 6.01. The van der Waals surface area contributed by atoms with Crippen molar-refractivity contribution in [3.63, 3.8) is 0 Å². The topological polar surface area (TPSA) is 37.8 Å². The van der Waals surface area contributed by atoms with Crippen molar-refractivity contribution in [2.24, 2.45) is 0 Å². The molecule has 0 saturated carbocycles. The van der Waals surface area contributed by atoms with Crippen LogP contribution in [0.3, 0.4) is 0 Å². The molecule has 20 heavy (non-hydrogen) atoms. The highest BCUT2D eigenvalue weighted by Crippen LogP contribution is 2.33. The fourth-order valence-electron chi connectivity index (χ4n) is 1.62. The maximum atomic E-state index is 4.52. The van der Waals surface area contributed by atoms with Gasteiger partial charge in [-0.1, -0.05) is 48.5 Å². The zero-order valence-corrected chi connectivity index (χ0v) is 15.0. The van der Waals surface area contributed by atoms with Crippen LogP contribution in [0.5, 0.6) is 0 Å². The molecule has 0 aliphatic rings. The van der Waals surface area contributed by atoms with Crippen LogP contribution in [0.15, 0.2) is 31.9 Å². The maximum Gasteiger partial charge on any atom is 0.174 e. The molecule has 2 aromatic rings. The van der Waals surface area contributed by atoms with Crippen molar-refractivity contribution in [3.8, 4) is 0 Å². The van der Waals surface area contributed by atoms with Gasteiger partial charge in [0.1, 0.15) is 5.82 Å². The third kappa shape index (κ3) is 4.55. The average Bonchev–Trinajstić information content (AvgIpc) is 2.86. The number of hydrogen-bond donors (Lipinski definition) is 1. The van der Waals surface area contributed by atoms with Crippen LogP contribution in [0.4, 0.5) is 0 Å². The lowest BCUT2D eigenvalue weighted by Gasteiger charge is -2.12. The van der Waals surface area contributed by atoms with E-state index in [0.29, 0.717) is 6.04 Å². The Balaban J connectivity index is 2.17. The minimum Gasteiger partial charge on any atom is -0.310 e. The van der Waals surface area contributed by atoms with Crippen LogP contribution in [0.1, 0.15) is 32.2 Å². The van der Waals surface area contributed by atoms with Crippen molar-refractivity contribution in [1.82, 2.24) is 14.7 Å². The van der Waals surface area contributed by atoms with Crippen LogP contribution in [0.25, 0.3) is 0 Å². The molecule has 0 amide bonds. The molecule has 0 spiro atoms. The zero-order chi connectivity index (χ0) is 14.5. The molecule has 1 aromatic carbocycles. The van der Waals surface area contributed by atoms with Crippen LogP contribution in [-0.2, 0) is 13.0 Å². The summed E-state index contributed by atoms with van der Waals surface area (Å²) in [4.78, 5) is 5.76. The summed E-state index contributed by atoms with van der Waals surface area (Å²) >= 11 is 6.71. The van der Waals surface area contributed by atoms with Crippen molar-refractivity contribution in [2.75, 3.05) is 0 Å². The van der Waals surface area contributed by atoms with Crippen molar-refractivity contribution in [3.05, 3.63) is 34.1 Å². The lowest BCUT2D eigenvalue weighted by atomic mass is 10.2. The number of benzene rings is 1. The predicted molar refractivity (Wildman–Crippen MR) is 89.5 cm³/mol. The molecule has 1 aromatic heterocycles. The first-order valence-electron chi connectivity index (χ1n) is 6.60. The van der Waals surface area contributed by atoms with E-state index in [2.05, 4.69) is 69.6 Å². The summed E-state index contributed by atoms with van der Waals surface area (Å²) in [6.07, 6.45) is 0.888. The number of aryl methyl sites for hydroxylation is 1. The van der Waals surface area contributed by atoms with Gasteiger partial charge >= 0.3 is 0 Å². The molecule has 108 valence electrons. The van der Waals surface area contributed by atoms with Gasteiger partial charge in [-0.15, -0.1) is 0 Å². The smallest absolute Gasteiger partial charge is 0.174 e. The van der Waals surface area contributed by atoms with E-state index in [1.165, 1.54) is 22.0 Å². The normalized spacial score (nSPS) is 11.2. The summed E-state index contributed by atoms with van der Waals surface area (Å²) in [7, 11) is 0. The fraction of sp³-hybridized carbons (Fsp3) is 0.429. The molecule has 0 aliphatic carbocycles. The van der Waals surface area contributed by atoms with Crippen LogP contribution in [0.2, 0.25) is 0 Å². The molecule has 6 heteroatoms. The lowest BCUT2D eigenvalue weighted by molar-refractivity contribution is 0.584. The number of rotatable bonds is 6. The van der Waals surface area contributed by atoms with Crippen molar-refractivity contribution in [2.45, 2.75) is 49.0 Å². The van der Waals surface area contributed by atoms with Crippen molar-refractivity contribution < 1.29 is 0 Å². The number of aromatic nitrogens is 2. The van der Waals surface area contributed by atoms with Gasteiger partial charge in [-0.25, -0.2) is 4.98 Å². The molecule has 0 radical (unpaired) electrons. The SMILES string of the molecule is CCc1nsc(Sc2ccc(Br)cc2CNC(C)C)n1. The Bertz CT molecular complexity index is 569. The largest absolute Gasteiger partial charge is 0.310 e. The van der Waals surface area contributed by atoms with Gasteiger partial charge in [0.2, 0.25) is 0 Å². The molecule has 0 saturated heterocycles. The molecular weight excluding hydrogens is 354 g/mol. The Morgan fingerprint density at radius 3 is 2.85 bits per heavy atom. The summed E-state index contributed by atoms with van der Waals surface area (Å²) in [5, 5.41) is 3.46. The highest BCUT2D eigenvalue weighted by Gasteiger charge is 2.09. The van der Waals surface area contributed by atoms with E-state index in [9.17, 15) is 0 Å². The fourth-order valence-corrected chi connectivity index (χ4v) is 3.79. The second-order valence-corrected chi connectivity index (χ2v) is 7.68. The van der Waals surface area contributed by atoms with Gasteiger partial charge < -0.3 is 5.32 Å². The molecule has 1 N–H and O–H groups in total. The molecule has 0 atom stereocenters. The Labute approximate surface area is 136 Å². The molecule has 0 bridgehead atoms. The minimum absolute atomic E-state index is 0.472. The third-order valence-electron chi connectivity index (χ3n) is 2.69. The van der Waals surface area contributed by atoms with E-state index < -0.39 is 0 Å².